The lowest BCUT2D eigenvalue weighted by Crippen LogP contribution is -2.05. The minimum Gasteiger partial charge on any atom is -0.286 e. The molecule has 0 aromatic heterocycles. The molecular weight excluding hydrogens is 153 g/mol. The fourth-order valence-electron chi connectivity index (χ4n) is 1.49. The molecular formula is C10H10FN. The summed E-state index contributed by atoms with van der Waals surface area (Å²) in [5, 5.41) is 0. The van der Waals surface area contributed by atoms with E-state index in [1.807, 2.05) is 30.3 Å². The Kier molecular flexibility index (Phi) is 1.50. The van der Waals surface area contributed by atoms with Gasteiger partial charge in [0.15, 0.2) is 0 Å². The quantitative estimate of drug-likeness (QED) is 0.593. The molecule has 0 unspecified atom stereocenters. The van der Waals surface area contributed by atoms with E-state index in [0.29, 0.717) is 6.42 Å². The van der Waals surface area contributed by atoms with E-state index >= 15 is 0 Å². The van der Waals surface area contributed by atoms with Crippen molar-refractivity contribution in [2.45, 2.75) is 18.1 Å². The Morgan fingerprint density at radius 3 is 2.42 bits per heavy atom. The Morgan fingerprint density at radius 2 is 2.00 bits per heavy atom. The summed E-state index contributed by atoms with van der Waals surface area (Å²) in [6.07, 6.45) is -0.349. The van der Waals surface area contributed by atoms with Crippen LogP contribution >= 0.6 is 0 Å². The predicted octanol–water partition coefficient (Wildman–Crippen LogP) is 2.32. The minimum absolute atomic E-state index is 0.487. The molecule has 1 nitrogen and oxygen atoms in total. The van der Waals surface area contributed by atoms with Crippen molar-refractivity contribution in [2.75, 3.05) is 0 Å². The van der Waals surface area contributed by atoms with E-state index in [-0.39, 0.29) is 0 Å². The number of alkyl halides is 1. The van der Waals surface area contributed by atoms with Gasteiger partial charge in [0.2, 0.25) is 0 Å². The second-order valence-corrected chi connectivity index (χ2v) is 3.12. The van der Waals surface area contributed by atoms with Crippen molar-refractivity contribution >= 4 is 6.72 Å². The molecule has 2 rings (SSSR count). The van der Waals surface area contributed by atoms with E-state index in [2.05, 4.69) is 11.7 Å². The van der Waals surface area contributed by atoms with E-state index in [1.165, 1.54) is 0 Å². The fourth-order valence-corrected chi connectivity index (χ4v) is 1.49. The second-order valence-electron chi connectivity index (χ2n) is 3.12. The number of halogens is 1. The molecule has 2 atom stereocenters. The summed E-state index contributed by atoms with van der Waals surface area (Å²) in [6.45, 7) is 3.43. The molecule has 1 aliphatic carbocycles. The maximum atomic E-state index is 13.0. The van der Waals surface area contributed by atoms with Gasteiger partial charge in [0.25, 0.3) is 0 Å². The number of hydrogen-bond donors (Lipinski definition) is 0. The fraction of sp³-hybridized carbons (Fsp3) is 0.300. The molecule has 0 saturated heterocycles. The SMILES string of the molecule is C=N[C@]1(c2ccccc2)C[C@H]1F. The molecule has 0 heterocycles. The largest absolute Gasteiger partial charge is 0.286 e. The van der Waals surface area contributed by atoms with Crippen molar-refractivity contribution < 1.29 is 4.39 Å². The van der Waals surface area contributed by atoms with E-state index in [1.54, 1.807) is 0 Å². The zero-order valence-corrected chi connectivity index (χ0v) is 6.70. The van der Waals surface area contributed by atoms with Gasteiger partial charge in [-0.05, 0) is 12.3 Å². The van der Waals surface area contributed by atoms with Crippen molar-refractivity contribution in [2.24, 2.45) is 4.99 Å². The summed E-state index contributed by atoms with van der Waals surface area (Å²) >= 11 is 0. The van der Waals surface area contributed by atoms with Gasteiger partial charge in [0.05, 0.1) is 0 Å². The molecule has 1 fully saturated rings. The Bertz CT molecular complexity index is 296. The van der Waals surface area contributed by atoms with Crippen molar-refractivity contribution in [3.05, 3.63) is 35.9 Å². The first kappa shape index (κ1) is 7.47. The lowest BCUT2D eigenvalue weighted by Gasteiger charge is -2.08. The number of hydrogen-bond acceptors (Lipinski definition) is 1. The zero-order valence-electron chi connectivity index (χ0n) is 6.70. The van der Waals surface area contributed by atoms with Gasteiger partial charge >= 0.3 is 0 Å². The van der Waals surface area contributed by atoms with E-state index in [4.69, 9.17) is 0 Å². The van der Waals surface area contributed by atoms with Crippen LogP contribution in [0.3, 0.4) is 0 Å². The standard InChI is InChI=1S/C10H10FN/c1-12-10(7-9(10)11)8-5-3-2-4-6-8/h2-6,9H,1,7H2/t9-,10+/m1/s1. The van der Waals surface area contributed by atoms with E-state index in [0.717, 1.165) is 5.56 Å². The molecule has 0 amide bonds. The van der Waals surface area contributed by atoms with Gasteiger partial charge in [-0.1, -0.05) is 30.3 Å². The molecule has 0 bridgehead atoms. The van der Waals surface area contributed by atoms with Crippen molar-refractivity contribution in [3.8, 4) is 0 Å². The first-order chi connectivity index (χ1) is 5.79. The molecule has 1 aromatic carbocycles. The lowest BCUT2D eigenvalue weighted by atomic mass is 10.1. The average molecular weight is 163 g/mol. The molecule has 0 aliphatic heterocycles. The summed E-state index contributed by atoms with van der Waals surface area (Å²) in [7, 11) is 0. The van der Waals surface area contributed by atoms with E-state index < -0.39 is 11.7 Å². The highest BCUT2D eigenvalue weighted by Gasteiger charge is 2.56. The molecule has 62 valence electrons. The lowest BCUT2D eigenvalue weighted by molar-refractivity contribution is 0.427. The van der Waals surface area contributed by atoms with Crippen LogP contribution in [-0.2, 0) is 5.54 Å². The molecule has 2 heteroatoms. The maximum absolute atomic E-state index is 13.0. The summed E-state index contributed by atoms with van der Waals surface area (Å²) in [5.74, 6) is 0. The highest BCUT2D eigenvalue weighted by molar-refractivity contribution is 5.39. The Labute approximate surface area is 70.9 Å². The van der Waals surface area contributed by atoms with Crippen molar-refractivity contribution in [1.82, 2.24) is 0 Å². The molecule has 0 radical (unpaired) electrons. The van der Waals surface area contributed by atoms with Gasteiger partial charge in [0.1, 0.15) is 11.7 Å². The highest BCUT2D eigenvalue weighted by atomic mass is 19.1. The Balaban J connectivity index is 2.37. The first-order valence-corrected chi connectivity index (χ1v) is 3.97. The Morgan fingerprint density at radius 1 is 1.42 bits per heavy atom. The third-order valence-corrected chi connectivity index (χ3v) is 2.40. The van der Waals surface area contributed by atoms with Crippen LogP contribution in [0.2, 0.25) is 0 Å². The van der Waals surface area contributed by atoms with Crippen LogP contribution in [0.5, 0.6) is 0 Å². The third-order valence-electron chi connectivity index (χ3n) is 2.40. The van der Waals surface area contributed by atoms with Gasteiger partial charge < -0.3 is 0 Å². The van der Waals surface area contributed by atoms with E-state index in [9.17, 15) is 4.39 Å². The summed E-state index contributed by atoms with van der Waals surface area (Å²) in [5.41, 5.74) is 0.328. The summed E-state index contributed by atoms with van der Waals surface area (Å²) < 4.78 is 13.0. The second kappa shape index (κ2) is 2.41. The highest BCUT2D eigenvalue weighted by Crippen LogP contribution is 2.51. The number of nitrogens with zero attached hydrogens (tertiary/aromatic N) is 1. The molecule has 1 aromatic rings. The third kappa shape index (κ3) is 0.876. The van der Waals surface area contributed by atoms with Gasteiger partial charge in [-0.15, -0.1) is 0 Å². The Hall–Kier alpha value is -1.18. The monoisotopic (exact) mass is 163 g/mol. The maximum Gasteiger partial charge on any atom is 0.132 e. The van der Waals surface area contributed by atoms with Gasteiger partial charge in [-0.3, -0.25) is 4.99 Å². The van der Waals surface area contributed by atoms with Crippen LogP contribution in [0.25, 0.3) is 0 Å². The number of aliphatic imine (C=N–C) groups is 1. The van der Waals surface area contributed by atoms with Crippen LogP contribution in [0.15, 0.2) is 35.3 Å². The molecule has 1 saturated carbocycles. The minimum atomic E-state index is -0.836. The van der Waals surface area contributed by atoms with Crippen LogP contribution in [0.1, 0.15) is 12.0 Å². The van der Waals surface area contributed by atoms with Crippen molar-refractivity contribution in [3.63, 3.8) is 0 Å². The molecule has 0 spiro atoms. The number of benzene rings is 1. The zero-order chi connectivity index (χ0) is 8.60. The van der Waals surface area contributed by atoms with Crippen LogP contribution in [0, 0.1) is 0 Å². The topological polar surface area (TPSA) is 12.4 Å². The van der Waals surface area contributed by atoms with Gasteiger partial charge in [-0.2, -0.15) is 0 Å². The summed E-state index contributed by atoms with van der Waals surface area (Å²) in [6, 6.07) is 9.50. The molecule has 0 N–H and O–H groups in total. The normalized spacial score (nSPS) is 32.9. The molecule has 12 heavy (non-hydrogen) atoms. The van der Waals surface area contributed by atoms with Crippen LogP contribution in [0.4, 0.5) is 4.39 Å². The smallest absolute Gasteiger partial charge is 0.132 e. The van der Waals surface area contributed by atoms with Crippen molar-refractivity contribution in [1.29, 1.82) is 0 Å². The summed E-state index contributed by atoms with van der Waals surface area (Å²) in [4.78, 5) is 3.86. The number of rotatable bonds is 2. The predicted molar refractivity (Wildman–Crippen MR) is 47.2 cm³/mol. The van der Waals surface area contributed by atoms with Gasteiger partial charge in [0, 0.05) is 6.42 Å². The molecule has 1 aliphatic rings. The van der Waals surface area contributed by atoms with Crippen LogP contribution < -0.4 is 0 Å². The first-order valence-electron chi connectivity index (χ1n) is 3.97. The van der Waals surface area contributed by atoms with Gasteiger partial charge in [-0.25, -0.2) is 4.39 Å². The average Bonchev–Trinajstić information content (AvgIpc) is 2.80. The van der Waals surface area contributed by atoms with Crippen LogP contribution in [-0.4, -0.2) is 12.9 Å².